The van der Waals surface area contributed by atoms with E-state index in [2.05, 4.69) is 0 Å². The molecule has 3 N–H and O–H groups in total. The fraction of sp³-hybridized carbons (Fsp3) is 0.400. The molecular formula is C10H13Cl2NO2. The Morgan fingerprint density at radius 3 is 2.67 bits per heavy atom. The van der Waals surface area contributed by atoms with Gasteiger partial charge in [-0.1, -0.05) is 23.2 Å². The van der Waals surface area contributed by atoms with E-state index in [1.54, 1.807) is 18.2 Å². The molecule has 0 bridgehead atoms. The summed E-state index contributed by atoms with van der Waals surface area (Å²) in [7, 11) is 0. The van der Waals surface area contributed by atoms with E-state index in [0.717, 1.165) is 0 Å². The minimum atomic E-state index is -0.243. The van der Waals surface area contributed by atoms with Crippen LogP contribution in [0.15, 0.2) is 18.2 Å². The van der Waals surface area contributed by atoms with Crippen LogP contribution in [-0.2, 0) is 0 Å². The van der Waals surface area contributed by atoms with Gasteiger partial charge in [0.15, 0.2) is 0 Å². The van der Waals surface area contributed by atoms with E-state index in [1.165, 1.54) is 0 Å². The molecule has 0 saturated carbocycles. The van der Waals surface area contributed by atoms with Crippen molar-refractivity contribution in [2.75, 3.05) is 13.2 Å². The van der Waals surface area contributed by atoms with Crippen molar-refractivity contribution in [2.24, 2.45) is 5.73 Å². The van der Waals surface area contributed by atoms with E-state index in [1.807, 2.05) is 0 Å². The monoisotopic (exact) mass is 249 g/mol. The zero-order valence-electron chi connectivity index (χ0n) is 8.12. The summed E-state index contributed by atoms with van der Waals surface area (Å²) >= 11 is 11.6. The summed E-state index contributed by atoms with van der Waals surface area (Å²) in [6.45, 7) is 0.407. The second-order valence-electron chi connectivity index (χ2n) is 3.16. The highest BCUT2D eigenvalue weighted by Gasteiger charge is 2.02. The molecule has 0 amide bonds. The van der Waals surface area contributed by atoms with E-state index in [0.29, 0.717) is 28.8 Å². The molecule has 5 heteroatoms. The van der Waals surface area contributed by atoms with Gasteiger partial charge in [-0.15, -0.1) is 0 Å². The Bertz CT molecular complexity index is 320. The third-order valence-corrected chi connectivity index (χ3v) is 2.62. The van der Waals surface area contributed by atoms with Gasteiger partial charge in [0.05, 0.1) is 23.3 Å². The second-order valence-corrected chi connectivity index (χ2v) is 3.97. The zero-order valence-corrected chi connectivity index (χ0v) is 9.63. The molecule has 0 saturated heterocycles. The smallest absolute Gasteiger partial charge is 0.120 e. The summed E-state index contributed by atoms with van der Waals surface area (Å²) in [5.74, 6) is 0.648. The number of hydrogen-bond donors (Lipinski definition) is 2. The standard InChI is InChI=1S/C10H13Cl2NO2/c11-9-2-1-8(5-10(9)12)15-4-3-7(13)6-14/h1-2,5,7,14H,3-4,6,13H2. The first kappa shape index (κ1) is 12.6. The van der Waals surface area contributed by atoms with Gasteiger partial charge in [-0.2, -0.15) is 0 Å². The van der Waals surface area contributed by atoms with Crippen LogP contribution in [-0.4, -0.2) is 24.4 Å². The number of hydrogen-bond acceptors (Lipinski definition) is 3. The SMILES string of the molecule is NC(CO)CCOc1ccc(Cl)c(Cl)c1. The number of ether oxygens (including phenoxy) is 1. The predicted octanol–water partition coefficient (Wildman–Crippen LogP) is 2.08. The Balaban J connectivity index is 2.41. The van der Waals surface area contributed by atoms with Gasteiger partial charge in [0.2, 0.25) is 0 Å². The average Bonchev–Trinajstić information content (AvgIpc) is 2.23. The van der Waals surface area contributed by atoms with Crippen molar-refractivity contribution in [3.8, 4) is 5.75 Å². The van der Waals surface area contributed by atoms with Crippen LogP contribution in [0.1, 0.15) is 6.42 Å². The van der Waals surface area contributed by atoms with Gasteiger partial charge in [0, 0.05) is 12.1 Å². The zero-order chi connectivity index (χ0) is 11.3. The molecule has 0 spiro atoms. The van der Waals surface area contributed by atoms with E-state index in [4.69, 9.17) is 38.8 Å². The van der Waals surface area contributed by atoms with E-state index < -0.39 is 0 Å². The fourth-order valence-corrected chi connectivity index (χ4v) is 1.27. The third-order valence-electron chi connectivity index (χ3n) is 1.88. The molecule has 0 aliphatic rings. The number of benzene rings is 1. The van der Waals surface area contributed by atoms with Crippen LogP contribution in [0.3, 0.4) is 0 Å². The third kappa shape index (κ3) is 4.26. The molecule has 0 aliphatic heterocycles. The first-order valence-electron chi connectivity index (χ1n) is 4.57. The van der Waals surface area contributed by atoms with E-state index >= 15 is 0 Å². The van der Waals surface area contributed by atoms with Crippen molar-refractivity contribution in [3.05, 3.63) is 28.2 Å². The Morgan fingerprint density at radius 2 is 2.07 bits per heavy atom. The largest absolute Gasteiger partial charge is 0.493 e. The molecule has 0 aliphatic carbocycles. The maximum atomic E-state index is 8.69. The van der Waals surface area contributed by atoms with Crippen molar-refractivity contribution < 1.29 is 9.84 Å². The number of aliphatic hydroxyl groups excluding tert-OH is 1. The highest BCUT2D eigenvalue weighted by molar-refractivity contribution is 6.42. The van der Waals surface area contributed by atoms with Crippen LogP contribution >= 0.6 is 23.2 Å². The molecule has 1 atom stereocenters. The van der Waals surface area contributed by atoms with Gasteiger partial charge in [-0.25, -0.2) is 0 Å². The Labute approximate surface area is 98.7 Å². The molecule has 3 nitrogen and oxygen atoms in total. The van der Waals surface area contributed by atoms with Gasteiger partial charge >= 0.3 is 0 Å². The summed E-state index contributed by atoms with van der Waals surface area (Å²) in [6, 6.07) is 4.81. The van der Waals surface area contributed by atoms with Crippen molar-refractivity contribution in [2.45, 2.75) is 12.5 Å². The minimum absolute atomic E-state index is 0.0370. The average molecular weight is 250 g/mol. The van der Waals surface area contributed by atoms with Crippen LogP contribution in [0.4, 0.5) is 0 Å². The maximum Gasteiger partial charge on any atom is 0.120 e. The quantitative estimate of drug-likeness (QED) is 0.841. The molecule has 1 aromatic carbocycles. The summed E-state index contributed by atoms with van der Waals surface area (Å²) < 4.78 is 5.38. The predicted molar refractivity (Wildman–Crippen MR) is 61.6 cm³/mol. The van der Waals surface area contributed by atoms with Crippen molar-refractivity contribution in [3.63, 3.8) is 0 Å². The van der Waals surface area contributed by atoms with Gasteiger partial charge in [-0.3, -0.25) is 0 Å². The summed E-state index contributed by atoms with van der Waals surface area (Å²) in [5.41, 5.74) is 5.51. The number of aliphatic hydroxyl groups is 1. The normalized spacial score (nSPS) is 12.5. The Kier molecular flexibility index (Phi) is 5.19. The highest BCUT2D eigenvalue weighted by atomic mass is 35.5. The summed E-state index contributed by atoms with van der Waals surface area (Å²) in [5, 5.41) is 9.65. The molecular weight excluding hydrogens is 237 g/mol. The van der Waals surface area contributed by atoms with Crippen LogP contribution in [0.2, 0.25) is 10.0 Å². The van der Waals surface area contributed by atoms with Crippen LogP contribution in [0, 0.1) is 0 Å². The van der Waals surface area contributed by atoms with Gasteiger partial charge in [0.25, 0.3) is 0 Å². The number of halogens is 2. The molecule has 0 aromatic heterocycles. The molecule has 1 rings (SSSR count). The van der Waals surface area contributed by atoms with Crippen LogP contribution in [0.25, 0.3) is 0 Å². The highest BCUT2D eigenvalue weighted by Crippen LogP contribution is 2.26. The van der Waals surface area contributed by atoms with Crippen LogP contribution < -0.4 is 10.5 Å². The van der Waals surface area contributed by atoms with Crippen molar-refractivity contribution in [1.29, 1.82) is 0 Å². The van der Waals surface area contributed by atoms with Gasteiger partial charge in [-0.05, 0) is 18.6 Å². The molecule has 84 valence electrons. The van der Waals surface area contributed by atoms with E-state index in [9.17, 15) is 0 Å². The molecule has 1 aromatic rings. The molecule has 0 heterocycles. The molecule has 0 radical (unpaired) electrons. The lowest BCUT2D eigenvalue weighted by molar-refractivity contribution is 0.230. The van der Waals surface area contributed by atoms with Crippen molar-refractivity contribution >= 4 is 23.2 Å². The van der Waals surface area contributed by atoms with E-state index in [-0.39, 0.29) is 12.6 Å². The first-order chi connectivity index (χ1) is 7.13. The number of rotatable bonds is 5. The lowest BCUT2D eigenvalue weighted by Gasteiger charge is -2.10. The van der Waals surface area contributed by atoms with Gasteiger partial charge in [0.1, 0.15) is 5.75 Å². The molecule has 0 fully saturated rings. The van der Waals surface area contributed by atoms with Gasteiger partial charge < -0.3 is 15.6 Å². The summed E-state index contributed by atoms with van der Waals surface area (Å²) in [4.78, 5) is 0. The lowest BCUT2D eigenvalue weighted by atomic mass is 10.2. The first-order valence-corrected chi connectivity index (χ1v) is 5.33. The summed E-state index contributed by atoms with van der Waals surface area (Å²) in [6.07, 6.45) is 0.594. The second kappa shape index (κ2) is 6.18. The number of nitrogens with two attached hydrogens (primary N) is 1. The van der Waals surface area contributed by atoms with Crippen LogP contribution in [0.5, 0.6) is 5.75 Å². The Morgan fingerprint density at radius 1 is 1.33 bits per heavy atom. The maximum absolute atomic E-state index is 8.69. The minimum Gasteiger partial charge on any atom is -0.493 e. The fourth-order valence-electron chi connectivity index (χ4n) is 0.986. The van der Waals surface area contributed by atoms with Crippen molar-refractivity contribution in [1.82, 2.24) is 0 Å². The molecule has 1 unspecified atom stereocenters. The topological polar surface area (TPSA) is 55.5 Å². The Hall–Kier alpha value is -0.480. The molecule has 15 heavy (non-hydrogen) atoms. The lowest BCUT2D eigenvalue weighted by Crippen LogP contribution is -2.26.